The zero-order valence-corrected chi connectivity index (χ0v) is 12.4. The summed E-state index contributed by atoms with van der Waals surface area (Å²) in [5.41, 5.74) is 1.81. The van der Waals surface area contributed by atoms with Crippen LogP contribution >= 0.6 is 15.9 Å². The van der Waals surface area contributed by atoms with E-state index in [1.807, 2.05) is 25.1 Å². The van der Waals surface area contributed by atoms with Crippen LogP contribution in [0, 0.1) is 6.92 Å². The van der Waals surface area contributed by atoms with Gasteiger partial charge in [-0.1, -0.05) is 15.9 Å². The van der Waals surface area contributed by atoms with Gasteiger partial charge in [0.25, 0.3) is 5.91 Å². The van der Waals surface area contributed by atoms with Gasteiger partial charge in [0.2, 0.25) is 0 Å². The second-order valence-electron chi connectivity index (χ2n) is 4.98. The van der Waals surface area contributed by atoms with E-state index < -0.39 is 0 Å². The fourth-order valence-corrected chi connectivity index (χ4v) is 2.97. The summed E-state index contributed by atoms with van der Waals surface area (Å²) >= 11 is 3.43. The van der Waals surface area contributed by atoms with Crippen LogP contribution in [0.2, 0.25) is 0 Å². The molecule has 3 nitrogen and oxygen atoms in total. The Morgan fingerprint density at radius 2 is 2.22 bits per heavy atom. The number of piperidine rings is 1. The van der Waals surface area contributed by atoms with Crippen LogP contribution in [0.15, 0.2) is 22.7 Å². The van der Waals surface area contributed by atoms with Crippen molar-refractivity contribution in [3.8, 4) is 0 Å². The molecular weight excluding hydrogens is 292 g/mol. The average molecular weight is 311 g/mol. The molecule has 1 fully saturated rings. The predicted octanol–water partition coefficient (Wildman–Crippen LogP) is 2.63. The van der Waals surface area contributed by atoms with E-state index in [2.05, 4.69) is 33.5 Å². The number of aryl methyl sites for hydroxylation is 1. The molecule has 1 aliphatic rings. The zero-order valence-electron chi connectivity index (χ0n) is 10.8. The van der Waals surface area contributed by atoms with Gasteiger partial charge in [0.15, 0.2) is 0 Å². The van der Waals surface area contributed by atoms with Gasteiger partial charge in [-0.05, 0) is 57.0 Å². The van der Waals surface area contributed by atoms with E-state index in [4.69, 9.17) is 0 Å². The van der Waals surface area contributed by atoms with E-state index in [0.29, 0.717) is 6.04 Å². The fourth-order valence-electron chi connectivity index (χ4n) is 2.36. The zero-order chi connectivity index (χ0) is 13.1. The minimum Gasteiger partial charge on any atom is -0.348 e. The third kappa shape index (κ3) is 3.33. The Morgan fingerprint density at radius 3 is 2.89 bits per heavy atom. The first-order chi connectivity index (χ1) is 8.56. The number of carbonyl (C=O) groups excluding carboxylic acids is 1. The standard InChI is InChI=1S/C14H19BrN2O/c1-9-6-11(8-12(15)7-9)14(18)17-13-4-3-5-16-10(13)2/h6-8,10,13,16H,3-5H2,1-2H3,(H,17,18). The fraction of sp³-hybridized carbons (Fsp3) is 0.500. The molecule has 0 bridgehead atoms. The molecule has 0 aromatic heterocycles. The van der Waals surface area contributed by atoms with E-state index in [1.165, 1.54) is 0 Å². The molecule has 18 heavy (non-hydrogen) atoms. The highest BCUT2D eigenvalue weighted by Crippen LogP contribution is 2.16. The minimum atomic E-state index is 0.0138. The maximum absolute atomic E-state index is 12.2. The number of carbonyl (C=O) groups is 1. The Kier molecular flexibility index (Phi) is 4.40. The van der Waals surface area contributed by atoms with Crippen LogP contribution in [0.25, 0.3) is 0 Å². The van der Waals surface area contributed by atoms with Crippen LogP contribution in [-0.2, 0) is 0 Å². The molecule has 0 spiro atoms. The second-order valence-corrected chi connectivity index (χ2v) is 5.90. The second kappa shape index (κ2) is 5.85. The molecule has 0 saturated carbocycles. The van der Waals surface area contributed by atoms with E-state index in [9.17, 15) is 4.79 Å². The molecule has 0 radical (unpaired) electrons. The van der Waals surface area contributed by atoms with Crippen molar-refractivity contribution in [2.24, 2.45) is 0 Å². The summed E-state index contributed by atoms with van der Waals surface area (Å²) in [7, 11) is 0. The van der Waals surface area contributed by atoms with Gasteiger partial charge in [0.1, 0.15) is 0 Å². The third-order valence-corrected chi connectivity index (χ3v) is 3.84. The van der Waals surface area contributed by atoms with Crippen LogP contribution in [0.1, 0.15) is 35.7 Å². The summed E-state index contributed by atoms with van der Waals surface area (Å²) in [4.78, 5) is 12.2. The number of benzene rings is 1. The molecule has 1 saturated heterocycles. The van der Waals surface area contributed by atoms with Gasteiger partial charge in [-0.2, -0.15) is 0 Å². The molecular formula is C14H19BrN2O. The third-order valence-electron chi connectivity index (χ3n) is 3.38. The quantitative estimate of drug-likeness (QED) is 0.881. The van der Waals surface area contributed by atoms with Gasteiger partial charge in [-0.3, -0.25) is 4.79 Å². The average Bonchev–Trinajstić information content (AvgIpc) is 2.31. The lowest BCUT2D eigenvalue weighted by Gasteiger charge is -2.30. The van der Waals surface area contributed by atoms with Crippen LogP contribution in [-0.4, -0.2) is 24.5 Å². The Labute approximate surface area is 116 Å². The molecule has 4 heteroatoms. The van der Waals surface area contributed by atoms with Crippen molar-refractivity contribution in [3.05, 3.63) is 33.8 Å². The maximum atomic E-state index is 12.2. The summed E-state index contributed by atoms with van der Waals surface area (Å²) in [5.74, 6) is 0.0138. The lowest BCUT2D eigenvalue weighted by molar-refractivity contribution is 0.0919. The van der Waals surface area contributed by atoms with Gasteiger partial charge in [-0.25, -0.2) is 0 Å². The van der Waals surface area contributed by atoms with Gasteiger partial charge >= 0.3 is 0 Å². The summed E-state index contributed by atoms with van der Waals surface area (Å²) in [5, 5.41) is 6.50. The summed E-state index contributed by atoms with van der Waals surface area (Å²) in [6.45, 7) is 5.16. The first-order valence-corrected chi connectivity index (χ1v) is 7.17. The highest BCUT2D eigenvalue weighted by molar-refractivity contribution is 9.10. The molecule has 2 N–H and O–H groups in total. The van der Waals surface area contributed by atoms with E-state index in [-0.39, 0.29) is 11.9 Å². The van der Waals surface area contributed by atoms with Crippen molar-refractivity contribution in [2.45, 2.75) is 38.8 Å². The Hall–Kier alpha value is -0.870. The van der Waals surface area contributed by atoms with E-state index in [1.54, 1.807) is 0 Å². The Bertz CT molecular complexity index is 427. The topological polar surface area (TPSA) is 41.1 Å². The molecule has 98 valence electrons. The van der Waals surface area contributed by atoms with Gasteiger partial charge < -0.3 is 10.6 Å². The van der Waals surface area contributed by atoms with Crippen molar-refractivity contribution < 1.29 is 4.79 Å². The van der Waals surface area contributed by atoms with Crippen LogP contribution in [0.5, 0.6) is 0 Å². The highest BCUT2D eigenvalue weighted by atomic mass is 79.9. The Balaban J connectivity index is 2.06. The summed E-state index contributed by atoms with van der Waals surface area (Å²) in [6, 6.07) is 6.35. The largest absolute Gasteiger partial charge is 0.348 e. The van der Waals surface area contributed by atoms with Crippen molar-refractivity contribution in [1.82, 2.24) is 10.6 Å². The molecule has 2 rings (SSSR count). The molecule has 0 aliphatic carbocycles. The predicted molar refractivity (Wildman–Crippen MR) is 76.8 cm³/mol. The SMILES string of the molecule is Cc1cc(Br)cc(C(=O)NC2CCCNC2C)c1. The highest BCUT2D eigenvalue weighted by Gasteiger charge is 2.22. The number of rotatable bonds is 2. The van der Waals surface area contributed by atoms with Gasteiger partial charge in [0, 0.05) is 22.1 Å². The van der Waals surface area contributed by atoms with Crippen molar-refractivity contribution in [2.75, 3.05) is 6.54 Å². The maximum Gasteiger partial charge on any atom is 0.251 e. The molecule has 1 heterocycles. The lowest BCUT2D eigenvalue weighted by Crippen LogP contribution is -2.51. The van der Waals surface area contributed by atoms with Gasteiger partial charge in [0.05, 0.1) is 0 Å². The molecule has 1 aromatic rings. The lowest BCUT2D eigenvalue weighted by atomic mass is 9.99. The van der Waals surface area contributed by atoms with E-state index >= 15 is 0 Å². The minimum absolute atomic E-state index is 0.0138. The summed E-state index contributed by atoms with van der Waals surface area (Å²) < 4.78 is 0.947. The Morgan fingerprint density at radius 1 is 1.44 bits per heavy atom. The molecule has 1 aromatic carbocycles. The molecule has 1 aliphatic heterocycles. The number of amides is 1. The first kappa shape index (κ1) is 13.6. The number of halogens is 1. The smallest absolute Gasteiger partial charge is 0.251 e. The molecule has 2 atom stereocenters. The summed E-state index contributed by atoms with van der Waals surface area (Å²) in [6.07, 6.45) is 2.17. The van der Waals surface area contributed by atoms with Crippen molar-refractivity contribution in [1.29, 1.82) is 0 Å². The van der Waals surface area contributed by atoms with Gasteiger partial charge in [-0.15, -0.1) is 0 Å². The van der Waals surface area contributed by atoms with Crippen molar-refractivity contribution >= 4 is 21.8 Å². The van der Waals surface area contributed by atoms with Crippen LogP contribution < -0.4 is 10.6 Å². The molecule has 1 amide bonds. The van der Waals surface area contributed by atoms with Crippen molar-refractivity contribution in [3.63, 3.8) is 0 Å². The first-order valence-electron chi connectivity index (χ1n) is 6.37. The monoisotopic (exact) mass is 310 g/mol. The van der Waals surface area contributed by atoms with Crippen LogP contribution in [0.3, 0.4) is 0 Å². The number of nitrogens with one attached hydrogen (secondary N) is 2. The number of hydrogen-bond acceptors (Lipinski definition) is 2. The number of hydrogen-bond donors (Lipinski definition) is 2. The normalized spacial score (nSPS) is 23.7. The van der Waals surface area contributed by atoms with Crippen LogP contribution in [0.4, 0.5) is 0 Å². The van der Waals surface area contributed by atoms with E-state index in [0.717, 1.165) is 35.0 Å². The molecule has 2 unspecified atom stereocenters.